The summed E-state index contributed by atoms with van der Waals surface area (Å²) in [5.41, 5.74) is 6.32. The van der Waals surface area contributed by atoms with Gasteiger partial charge in [-0.05, 0) is 50.5 Å². The Bertz CT molecular complexity index is 421. The zero-order valence-corrected chi connectivity index (χ0v) is 12.4. The molecule has 0 aliphatic rings. The largest absolute Gasteiger partial charge is 0.330 e. The summed E-state index contributed by atoms with van der Waals surface area (Å²) in [7, 11) is 0. The Kier molecular flexibility index (Phi) is 9.11. The van der Waals surface area contributed by atoms with Gasteiger partial charge in [-0.1, -0.05) is 30.3 Å². The molecule has 0 saturated carbocycles. The van der Waals surface area contributed by atoms with Crippen LogP contribution in [0.1, 0.15) is 24.8 Å². The number of amides is 1. The molecule has 0 radical (unpaired) electrons. The number of rotatable bonds is 10. The molecule has 0 aromatic heterocycles. The van der Waals surface area contributed by atoms with Crippen LogP contribution in [0.25, 0.3) is 6.08 Å². The van der Waals surface area contributed by atoms with Crippen LogP contribution >= 0.6 is 0 Å². The Balaban J connectivity index is 2.15. The molecule has 0 bridgehead atoms. The fourth-order valence-corrected chi connectivity index (χ4v) is 1.79. The minimum Gasteiger partial charge on any atom is -0.330 e. The first-order valence-electron chi connectivity index (χ1n) is 7.38. The lowest BCUT2D eigenvalue weighted by Gasteiger charge is -2.12. The molecule has 21 heavy (non-hydrogen) atoms. The Labute approximate surface area is 126 Å². The molecule has 1 aromatic carbocycles. The molecule has 0 fully saturated rings. The van der Waals surface area contributed by atoms with Gasteiger partial charge >= 0.3 is 0 Å². The van der Waals surface area contributed by atoms with Crippen LogP contribution in [0.4, 0.5) is 0 Å². The van der Waals surface area contributed by atoms with Crippen LogP contribution in [0.15, 0.2) is 36.4 Å². The number of hydroxylamine groups is 2. The lowest BCUT2D eigenvalue weighted by molar-refractivity contribution is -0.159. The van der Waals surface area contributed by atoms with Crippen molar-refractivity contribution in [1.82, 2.24) is 10.4 Å². The van der Waals surface area contributed by atoms with E-state index in [2.05, 4.69) is 5.32 Å². The van der Waals surface area contributed by atoms with Gasteiger partial charge in [-0.25, -0.2) is 5.06 Å². The standard InChI is InChI=1S/C16H25N3O2/c17-11-6-13-18-12-4-5-14-19(21)16(20)10-9-15-7-2-1-3-8-15/h1-3,7-10,18,21H,4-6,11-14,17H2. The fourth-order valence-electron chi connectivity index (χ4n) is 1.79. The smallest absolute Gasteiger partial charge is 0.269 e. The van der Waals surface area contributed by atoms with Crippen molar-refractivity contribution in [1.29, 1.82) is 0 Å². The highest BCUT2D eigenvalue weighted by Crippen LogP contribution is 2.02. The second-order valence-electron chi connectivity index (χ2n) is 4.80. The number of nitrogens with zero attached hydrogens (tertiary/aromatic N) is 1. The summed E-state index contributed by atoms with van der Waals surface area (Å²) in [6.07, 6.45) is 5.72. The topological polar surface area (TPSA) is 78.6 Å². The summed E-state index contributed by atoms with van der Waals surface area (Å²) in [5.74, 6) is -0.394. The number of unbranched alkanes of at least 4 members (excludes halogenated alkanes) is 1. The minimum absolute atomic E-state index is 0.344. The Morgan fingerprint density at radius 3 is 2.62 bits per heavy atom. The third-order valence-electron chi connectivity index (χ3n) is 3.00. The molecule has 5 heteroatoms. The van der Waals surface area contributed by atoms with Gasteiger partial charge in [0.25, 0.3) is 5.91 Å². The number of carbonyl (C=O) groups is 1. The molecule has 1 amide bonds. The first kappa shape index (κ1) is 17.4. The van der Waals surface area contributed by atoms with Gasteiger partial charge in [-0.2, -0.15) is 0 Å². The fraction of sp³-hybridized carbons (Fsp3) is 0.438. The van der Waals surface area contributed by atoms with Crippen molar-refractivity contribution in [2.45, 2.75) is 19.3 Å². The van der Waals surface area contributed by atoms with Gasteiger partial charge in [0.15, 0.2) is 0 Å². The Morgan fingerprint density at radius 1 is 1.19 bits per heavy atom. The lowest BCUT2D eigenvalue weighted by Crippen LogP contribution is -2.27. The van der Waals surface area contributed by atoms with Gasteiger partial charge < -0.3 is 11.1 Å². The van der Waals surface area contributed by atoms with Crippen LogP contribution in [0.2, 0.25) is 0 Å². The Hall–Kier alpha value is -1.69. The van der Waals surface area contributed by atoms with Crippen molar-refractivity contribution in [3.8, 4) is 0 Å². The second-order valence-corrected chi connectivity index (χ2v) is 4.80. The zero-order chi connectivity index (χ0) is 15.3. The summed E-state index contributed by atoms with van der Waals surface area (Å²) in [6.45, 7) is 2.83. The molecule has 4 N–H and O–H groups in total. The maximum atomic E-state index is 11.7. The van der Waals surface area contributed by atoms with E-state index in [1.807, 2.05) is 30.3 Å². The third-order valence-corrected chi connectivity index (χ3v) is 3.00. The van der Waals surface area contributed by atoms with Crippen molar-refractivity contribution in [2.24, 2.45) is 5.73 Å². The van der Waals surface area contributed by atoms with E-state index in [1.54, 1.807) is 6.08 Å². The van der Waals surface area contributed by atoms with Crippen molar-refractivity contribution in [3.05, 3.63) is 42.0 Å². The van der Waals surface area contributed by atoms with Crippen molar-refractivity contribution < 1.29 is 10.0 Å². The summed E-state index contributed by atoms with van der Waals surface area (Å²) >= 11 is 0. The van der Waals surface area contributed by atoms with Crippen LogP contribution in [-0.2, 0) is 4.79 Å². The van der Waals surface area contributed by atoms with Crippen LogP contribution in [0.5, 0.6) is 0 Å². The van der Waals surface area contributed by atoms with E-state index in [-0.39, 0.29) is 0 Å². The molecule has 0 heterocycles. The maximum Gasteiger partial charge on any atom is 0.269 e. The monoisotopic (exact) mass is 291 g/mol. The number of hydrogen-bond donors (Lipinski definition) is 3. The molecular formula is C16H25N3O2. The number of carbonyl (C=O) groups excluding carboxylic acids is 1. The highest BCUT2D eigenvalue weighted by molar-refractivity contribution is 5.90. The number of nitrogens with two attached hydrogens (primary N) is 1. The predicted molar refractivity (Wildman–Crippen MR) is 84.8 cm³/mol. The maximum absolute atomic E-state index is 11.7. The molecule has 5 nitrogen and oxygen atoms in total. The van der Waals surface area contributed by atoms with Crippen LogP contribution < -0.4 is 11.1 Å². The van der Waals surface area contributed by atoms with Gasteiger partial charge in [-0.3, -0.25) is 10.0 Å². The van der Waals surface area contributed by atoms with Gasteiger partial charge in [0.1, 0.15) is 0 Å². The zero-order valence-electron chi connectivity index (χ0n) is 12.4. The minimum atomic E-state index is -0.394. The predicted octanol–water partition coefficient (Wildman–Crippen LogP) is 1.64. The van der Waals surface area contributed by atoms with E-state index >= 15 is 0 Å². The highest BCUT2D eigenvalue weighted by atomic mass is 16.5. The van der Waals surface area contributed by atoms with Crippen molar-refractivity contribution in [3.63, 3.8) is 0 Å². The van der Waals surface area contributed by atoms with E-state index in [0.717, 1.165) is 43.0 Å². The normalized spacial score (nSPS) is 11.0. The molecule has 1 rings (SSSR count). The van der Waals surface area contributed by atoms with Crippen molar-refractivity contribution in [2.75, 3.05) is 26.2 Å². The molecule has 0 aliphatic carbocycles. The number of benzene rings is 1. The molecule has 1 aromatic rings. The first-order chi connectivity index (χ1) is 10.2. The van der Waals surface area contributed by atoms with E-state index in [9.17, 15) is 10.0 Å². The summed E-state index contributed by atoms with van der Waals surface area (Å²) in [4.78, 5) is 11.7. The van der Waals surface area contributed by atoms with Gasteiger partial charge in [0.2, 0.25) is 0 Å². The lowest BCUT2D eigenvalue weighted by atomic mass is 10.2. The van der Waals surface area contributed by atoms with Crippen LogP contribution in [-0.4, -0.2) is 42.4 Å². The first-order valence-corrected chi connectivity index (χ1v) is 7.38. The summed E-state index contributed by atoms with van der Waals surface area (Å²) in [5, 5.41) is 13.7. The Morgan fingerprint density at radius 2 is 1.90 bits per heavy atom. The quantitative estimate of drug-likeness (QED) is 0.265. The van der Waals surface area contributed by atoms with E-state index < -0.39 is 5.91 Å². The molecule has 116 valence electrons. The highest BCUT2D eigenvalue weighted by Gasteiger charge is 2.05. The molecule has 0 saturated heterocycles. The average molecular weight is 291 g/mol. The van der Waals surface area contributed by atoms with Crippen LogP contribution in [0.3, 0.4) is 0 Å². The SMILES string of the molecule is NCCCNCCCCN(O)C(=O)C=Cc1ccccc1. The van der Waals surface area contributed by atoms with E-state index in [1.165, 1.54) is 6.08 Å². The molecule has 0 unspecified atom stereocenters. The average Bonchev–Trinajstić information content (AvgIpc) is 2.52. The van der Waals surface area contributed by atoms with E-state index in [0.29, 0.717) is 13.1 Å². The van der Waals surface area contributed by atoms with Gasteiger partial charge in [0.05, 0.1) is 0 Å². The summed E-state index contributed by atoms with van der Waals surface area (Å²) in [6, 6.07) is 9.52. The van der Waals surface area contributed by atoms with Crippen LogP contribution in [0, 0.1) is 0 Å². The number of hydrogen-bond acceptors (Lipinski definition) is 4. The van der Waals surface area contributed by atoms with Gasteiger partial charge in [0, 0.05) is 12.6 Å². The molecule has 0 atom stereocenters. The molecular weight excluding hydrogens is 266 g/mol. The second kappa shape index (κ2) is 11.0. The molecule has 0 spiro atoms. The third kappa shape index (κ3) is 8.24. The summed E-state index contributed by atoms with van der Waals surface area (Å²) < 4.78 is 0. The molecule has 0 aliphatic heterocycles. The van der Waals surface area contributed by atoms with Gasteiger partial charge in [-0.15, -0.1) is 0 Å². The van der Waals surface area contributed by atoms with Crippen molar-refractivity contribution >= 4 is 12.0 Å². The van der Waals surface area contributed by atoms with E-state index in [4.69, 9.17) is 5.73 Å². The number of nitrogens with one attached hydrogen (secondary N) is 1.